The molecule has 0 aromatic rings. The first-order valence-electron chi connectivity index (χ1n) is 24.7. The summed E-state index contributed by atoms with van der Waals surface area (Å²) in [6.45, 7) is 3.48. The van der Waals surface area contributed by atoms with Crippen molar-refractivity contribution < 1.29 is 37.6 Å². The van der Waals surface area contributed by atoms with Crippen molar-refractivity contribution >= 4 is 19.8 Å². The zero-order valence-corrected chi connectivity index (χ0v) is 40.7. The van der Waals surface area contributed by atoms with Crippen molar-refractivity contribution in [3.8, 4) is 0 Å². The molecule has 0 aliphatic rings. The number of carbonyl (C=O) groups is 2. The number of hydrogen-bond acceptors (Lipinski definition) is 8. The van der Waals surface area contributed by atoms with E-state index < -0.39 is 32.5 Å². The van der Waals surface area contributed by atoms with E-state index in [1.807, 2.05) is 0 Å². The van der Waals surface area contributed by atoms with Crippen molar-refractivity contribution in [2.24, 2.45) is 5.73 Å². The Morgan fingerprint density at radius 2 is 0.825 bits per heavy atom. The minimum absolute atomic E-state index is 0.0455. The summed E-state index contributed by atoms with van der Waals surface area (Å²) < 4.78 is 32.9. The first kappa shape index (κ1) is 59.9. The molecule has 0 heterocycles. The highest BCUT2D eigenvalue weighted by Gasteiger charge is 2.26. The molecule has 0 saturated heterocycles. The molecular weight excluding hydrogens is 810 g/mol. The molecule has 0 bridgehead atoms. The van der Waals surface area contributed by atoms with Gasteiger partial charge in [0, 0.05) is 19.4 Å². The minimum Gasteiger partial charge on any atom is -0.462 e. The van der Waals surface area contributed by atoms with E-state index in [1.54, 1.807) is 0 Å². The van der Waals surface area contributed by atoms with E-state index in [0.29, 0.717) is 12.8 Å². The number of carbonyl (C=O) groups excluding carboxylic acids is 2. The van der Waals surface area contributed by atoms with Crippen LogP contribution < -0.4 is 5.73 Å². The van der Waals surface area contributed by atoms with E-state index >= 15 is 0 Å². The Balaban J connectivity index is 4.07. The van der Waals surface area contributed by atoms with Gasteiger partial charge in [-0.25, -0.2) is 4.57 Å². The molecule has 360 valence electrons. The zero-order chi connectivity index (χ0) is 46.0. The molecule has 2 atom stereocenters. The van der Waals surface area contributed by atoms with Crippen molar-refractivity contribution in [2.45, 2.75) is 200 Å². The molecule has 0 saturated carbocycles. The van der Waals surface area contributed by atoms with Gasteiger partial charge in [-0.3, -0.25) is 18.6 Å². The number of ether oxygens (including phenoxy) is 2. The summed E-state index contributed by atoms with van der Waals surface area (Å²) in [6, 6.07) is 0. The fraction of sp³-hybridized carbons (Fsp3) is 0.660. The summed E-state index contributed by atoms with van der Waals surface area (Å²) in [4.78, 5) is 35.0. The highest BCUT2D eigenvalue weighted by Crippen LogP contribution is 2.43. The number of phosphoric acid groups is 1. The summed E-state index contributed by atoms with van der Waals surface area (Å²) in [5.74, 6) is -0.858. The molecule has 9 nitrogen and oxygen atoms in total. The molecule has 0 fully saturated rings. The Hall–Kier alpha value is -3.07. The molecular formula is C53H90NO8P. The van der Waals surface area contributed by atoms with Gasteiger partial charge < -0.3 is 20.1 Å². The van der Waals surface area contributed by atoms with Crippen molar-refractivity contribution in [3.05, 3.63) is 97.2 Å². The van der Waals surface area contributed by atoms with Crippen LogP contribution in [0.4, 0.5) is 0 Å². The molecule has 0 spiro atoms. The van der Waals surface area contributed by atoms with Crippen molar-refractivity contribution in [2.75, 3.05) is 26.4 Å². The maximum absolute atomic E-state index is 12.6. The van der Waals surface area contributed by atoms with Crippen LogP contribution in [0.5, 0.6) is 0 Å². The maximum Gasteiger partial charge on any atom is 0.472 e. The highest BCUT2D eigenvalue weighted by atomic mass is 31.2. The van der Waals surface area contributed by atoms with Crippen LogP contribution in [0.3, 0.4) is 0 Å². The first-order valence-corrected chi connectivity index (χ1v) is 26.2. The van der Waals surface area contributed by atoms with Crippen molar-refractivity contribution in [1.82, 2.24) is 0 Å². The van der Waals surface area contributed by atoms with Gasteiger partial charge in [0.25, 0.3) is 0 Å². The Kier molecular flexibility index (Phi) is 46.0. The Labute approximate surface area is 385 Å². The van der Waals surface area contributed by atoms with Crippen LogP contribution in [0.1, 0.15) is 194 Å². The van der Waals surface area contributed by atoms with Gasteiger partial charge in [-0.05, 0) is 89.9 Å². The number of esters is 2. The number of phosphoric ester groups is 1. The van der Waals surface area contributed by atoms with Gasteiger partial charge in [0.05, 0.1) is 13.2 Å². The topological polar surface area (TPSA) is 134 Å². The summed E-state index contributed by atoms with van der Waals surface area (Å²) in [7, 11) is -4.39. The van der Waals surface area contributed by atoms with Gasteiger partial charge in [0.15, 0.2) is 6.10 Å². The van der Waals surface area contributed by atoms with Crippen LogP contribution in [-0.4, -0.2) is 49.3 Å². The third-order valence-corrected chi connectivity index (χ3v) is 10.9. The molecule has 10 heteroatoms. The summed E-state index contributed by atoms with van der Waals surface area (Å²) in [5.41, 5.74) is 5.36. The summed E-state index contributed by atoms with van der Waals surface area (Å²) in [6.07, 6.45) is 63.0. The number of rotatable bonds is 45. The molecule has 2 unspecified atom stereocenters. The Morgan fingerprint density at radius 3 is 1.22 bits per heavy atom. The number of nitrogens with two attached hydrogens (primary N) is 1. The second-order valence-electron chi connectivity index (χ2n) is 15.9. The van der Waals surface area contributed by atoms with Crippen LogP contribution in [0.25, 0.3) is 0 Å². The van der Waals surface area contributed by atoms with Gasteiger partial charge in [-0.1, -0.05) is 188 Å². The van der Waals surface area contributed by atoms with Gasteiger partial charge >= 0.3 is 19.8 Å². The maximum atomic E-state index is 12.6. The van der Waals surface area contributed by atoms with Crippen LogP contribution in [0.2, 0.25) is 0 Å². The number of hydrogen-bond donors (Lipinski definition) is 2. The first-order chi connectivity index (χ1) is 30.8. The normalized spacial score (nSPS) is 14.0. The number of unbranched alkanes of at least 4 members (excludes halogenated alkanes) is 16. The average molecular weight is 900 g/mol. The summed E-state index contributed by atoms with van der Waals surface area (Å²) in [5, 5.41) is 0. The predicted molar refractivity (Wildman–Crippen MR) is 265 cm³/mol. The van der Waals surface area contributed by atoms with Gasteiger partial charge in [-0.15, -0.1) is 0 Å². The lowest BCUT2D eigenvalue weighted by atomic mass is 10.0. The quantitative estimate of drug-likeness (QED) is 0.0265. The Bertz CT molecular complexity index is 1350. The largest absolute Gasteiger partial charge is 0.472 e. The molecule has 0 rings (SSSR count). The molecule has 0 aliphatic carbocycles. The standard InChI is InChI=1S/C53H90NO8P/c1-3-5-7-9-11-13-15-17-19-20-21-22-23-24-25-26-27-28-29-30-32-34-36-38-40-42-44-46-53(56)62-51(50-61-63(57,58)60-48-47-54)49-59-52(55)45-43-41-39-37-35-33-31-18-16-14-12-10-8-6-4-2/h5-8,11-14,17-19,21-22,24-25,31,51H,3-4,9-10,15-16,20,23,26-30,32-50,54H2,1-2H3,(H,57,58)/b7-5-,8-6-,13-11-,14-12-,19-17-,22-21-,25-24-,31-18-. The fourth-order valence-electron chi connectivity index (χ4n) is 6.38. The molecule has 0 aromatic carbocycles. The van der Waals surface area contributed by atoms with E-state index in [4.69, 9.17) is 24.3 Å². The van der Waals surface area contributed by atoms with Crippen LogP contribution in [0, 0.1) is 0 Å². The van der Waals surface area contributed by atoms with Crippen LogP contribution in [-0.2, 0) is 32.7 Å². The van der Waals surface area contributed by atoms with E-state index in [-0.39, 0.29) is 32.6 Å². The second kappa shape index (κ2) is 48.4. The molecule has 3 N–H and O–H groups in total. The van der Waals surface area contributed by atoms with Gasteiger partial charge in [-0.2, -0.15) is 0 Å². The molecule has 0 aliphatic heterocycles. The van der Waals surface area contributed by atoms with E-state index in [9.17, 15) is 19.0 Å². The van der Waals surface area contributed by atoms with E-state index in [2.05, 4.69) is 111 Å². The monoisotopic (exact) mass is 900 g/mol. The molecule has 63 heavy (non-hydrogen) atoms. The number of allylic oxidation sites excluding steroid dienone is 16. The predicted octanol–water partition coefficient (Wildman–Crippen LogP) is 14.9. The third-order valence-electron chi connectivity index (χ3n) is 9.97. The van der Waals surface area contributed by atoms with Crippen LogP contribution >= 0.6 is 7.82 Å². The molecule has 0 amide bonds. The highest BCUT2D eigenvalue weighted by molar-refractivity contribution is 7.47. The third kappa shape index (κ3) is 48.2. The summed E-state index contributed by atoms with van der Waals surface area (Å²) >= 11 is 0. The Morgan fingerprint density at radius 1 is 0.476 bits per heavy atom. The average Bonchev–Trinajstić information content (AvgIpc) is 3.27. The molecule has 0 radical (unpaired) electrons. The van der Waals surface area contributed by atoms with Gasteiger partial charge in [0.2, 0.25) is 0 Å². The lowest BCUT2D eigenvalue weighted by molar-refractivity contribution is -0.161. The SMILES string of the molecule is CC/C=C\C/C=C\C/C=C\C/C=C\C/C=C\CCCCCCCCCCCCCC(=O)OC(COC(=O)CCCCCCC/C=C\C/C=C\C/C=C\CC)COP(=O)(O)OCCN. The smallest absolute Gasteiger partial charge is 0.462 e. The van der Waals surface area contributed by atoms with Gasteiger partial charge in [0.1, 0.15) is 6.61 Å². The lowest BCUT2D eigenvalue weighted by Gasteiger charge is -2.19. The lowest BCUT2D eigenvalue weighted by Crippen LogP contribution is -2.29. The minimum atomic E-state index is -4.39. The second-order valence-corrected chi connectivity index (χ2v) is 17.4. The zero-order valence-electron chi connectivity index (χ0n) is 39.8. The van der Waals surface area contributed by atoms with Crippen LogP contribution in [0.15, 0.2) is 97.2 Å². The van der Waals surface area contributed by atoms with E-state index in [0.717, 1.165) is 109 Å². The molecule has 0 aromatic heterocycles. The van der Waals surface area contributed by atoms with Crippen molar-refractivity contribution in [3.63, 3.8) is 0 Å². The van der Waals surface area contributed by atoms with E-state index in [1.165, 1.54) is 44.9 Å². The van der Waals surface area contributed by atoms with Crippen molar-refractivity contribution in [1.29, 1.82) is 0 Å². The fourth-order valence-corrected chi connectivity index (χ4v) is 7.15.